The highest BCUT2D eigenvalue weighted by Crippen LogP contribution is 2.49. The Morgan fingerprint density at radius 1 is 1.10 bits per heavy atom. The third-order valence-electron chi connectivity index (χ3n) is 5.74. The normalized spacial score (nSPS) is 14.4. The number of allylic oxidation sites excluding steroid dienone is 1. The SMILES string of the molecule is Cc1ccccc1/C(=C(\c1[c]cccc1)c1ccc2[nH]nc(F)c2c1C#N)C1CC1. The molecule has 1 aliphatic carbocycles. The summed E-state index contributed by atoms with van der Waals surface area (Å²) in [5.41, 5.74) is 6.96. The van der Waals surface area contributed by atoms with Crippen molar-refractivity contribution in [2.75, 3.05) is 0 Å². The van der Waals surface area contributed by atoms with Gasteiger partial charge in [-0.15, -0.1) is 5.10 Å². The van der Waals surface area contributed by atoms with Gasteiger partial charge in [-0.25, -0.2) is 0 Å². The van der Waals surface area contributed by atoms with Crippen molar-refractivity contribution in [3.8, 4) is 6.07 Å². The number of H-pyrrole nitrogens is 1. The zero-order chi connectivity index (χ0) is 20.7. The molecule has 1 N–H and O–H groups in total. The van der Waals surface area contributed by atoms with Crippen LogP contribution in [0.1, 0.15) is 40.7 Å². The molecule has 3 nitrogen and oxygen atoms in total. The van der Waals surface area contributed by atoms with Gasteiger partial charge >= 0.3 is 0 Å². The summed E-state index contributed by atoms with van der Waals surface area (Å²) in [5, 5.41) is 16.6. The van der Waals surface area contributed by atoms with Crippen LogP contribution in [0.4, 0.5) is 4.39 Å². The molecule has 4 aromatic rings. The number of hydrogen-bond donors (Lipinski definition) is 1. The molecule has 3 aromatic carbocycles. The number of nitrogens with one attached hydrogen (secondary N) is 1. The molecule has 1 aromatic heterocycles. The van der Waals surface area contributed by atoms with Crippen LogP contribution in [0.15, 0.2) is 60.7 Å². The van der Waals surface area contributed by atoms with Crippen molar-refractivity contribution in [1.29, 1.82) is 5.26 Å². The Morgan fingerprint density at radius 3 is 2.60 bits per heavy atom. The monoisotopic (exact) mass is 392 g/mol. The van der Waals surface area contributed by atoms with Gasteiger partial charge in [0.2, 0.25) is 5.95 Å². The molecule has 1 saturated carbocycles. The molecule has 0 saturated heterocycles. The maximum absolute atomic E-state index is 14.5. The zero-order valence-electron chi connectivity index (χ0n) is 16.5. The number of halogens is 1. The minimum absolute atomic E-state index is 0.239. The molecule has 1 heterocycles. The number of rotatable bonds is 4. The van der Waals surface area contributed by atoms with Gasteiger partial charge in [-0.1, -0.05) is 54.6 Å². The number of nitrogens with zero attached hydrogens (tertiary/aromatic N) is 2. The molecule has 0 unspecified atom stereocenters. The second-order valence-corrected chi connectivity index (χ2v) is 7.69. The lowest BCUT2D eigenvalue weighted by Crippen LogP contribution is -2.01. The van der Waals surface area contributed by atoms with E-state index in [0.717, 1.165) is 29.5 Å². The van der Waals surface area contributed by atoms with Crippen LogP contribution in [0.3, 0.4) is 0 Å². The van der Waals surface area contributed by atoms with E-state index >= 15 is 0 Å². The van der Waals surface area contributed by atoms with Crippen molar-refractivity contribution in [2.45, 2.75) is 19.8 Å². The standard InChI is InChI=1S/C26H19FN3/c1-16-7-5-6-10-19(16)23(18-11-12-18)24(17-8-3-2-4-9-17)20-13-14-22-25(21(20)15-28)26(27)30-29-22/h2-8,10,13-14,18H,11-12H2,1H3,(H,29,30)/b24-23+. The summed E-state index contributed by atoms with van der Waals surface area (Å²) in [4.78, 5) is 0. The lowest BCUT2D eigenvalue weighted by Gasteiger charge is -2.19. The summed E-state index contributed by atoms with van der Waals surface area (Å²) < 4.78 is 14.5. The van der Waals surface area contributed by atoms with Gasteiger partial charge in [0, 0.05) is 5.56 Å². The Morgan fingerprint density at radius 2 is 1.90 bits per heavy atom. The summed E-state index contributed by atoms with van der Waals surface area (Å²) in [5.74, 6) is -0.241. The number of nitriles is 1. The van der Waals surface area contributed by atoms with E-state index in [9.17, 15) is 9.65 Å². The number of hydrogen-bond acceptors (Lipinski definition) is 2. The van der Waals surface area contributed by atoms with Crippen molar-refractivity contribution in [2.24, 2.45) is 5.92 Å². The summed E-state index contributed by atoms with van der Waals surface area (Å²) in [7, 11) is 0. The number of benzene rings is 3. The average Bonchev–Trinajstić information content (AvgIpc) is 3.55. The maximum Gasteiger partial charge on any atom is 0.241 e. The Hall–Kier alpha value is -3.71. The quantitative estimate of drug-likeness (QED) is 0.430. The van der Waals surface area contributed by atoms with E-state index in [0.29, 0.717) is 17.0 Å². The van der Waals surface area contributed by atoms with E-state index < -0.39 is 5.95 Å². The first-order valence-electron chi connectivity index (χ1n) is 10.0. The second kappa shape index (κ2) is 7.27. The Balaban J connectivity index is 1.91. The van der Waals surface area contributed by atoms with Gasteiger partial charge in [-0.3, -0.25) is 5.10 Å². The van der Waals surface area contributed by atoms with Crippen LogP contribution >= 0.6 is 0 Å². The molecule has 0 aliphatic heterocycles. The summed E-state index contributed by atoms with van der Waals surface area (Å²) in [6.45, 7) is 2.11. The predicted molar refractivity (Wildman–Crippen MR) is 116 cm³/mol. The molecule has 0 amide bonds. The van der Waals surface area contributed by atoms with Gasteiger partial charge in [0.15, 0.2) is 0 Å². The Labute approximate surface area is 174 Å². The van der Waals surface area contributed by atoms with E-state index in [1.165, 1.54) is 16.7 Å². The van der Waals surface area contributed by atoms with E-state index in [1.54, 1.807) is 6.07 Å². The lowest BCUT2D eigenvalue weighted by atomic mass is 9.83. The predicted octanol–water partition coefficient (Wildman–Crippen LogP) is 6.05. The molecule has 1 fully saturated rings. The van der Waals surface area contributed by atoms with E-state index in [4.69, 9.17) is 0 Å². The molecule has 0 bridgehead atoms. The third kappa shape index (κ3) is 3.00. The summed E-state index contributed by atoms with van der Waals surface area (Å²) in [6, 6.07) is 25.4. The molecule has 0 spiro atoms. The van der Waals surface area contributed by atoms with Crippen molar-refractivity contribution in [3.05, 3.63) is 100 Å². The highest BCUT2D eigenvalue weighted by molar-refractivity contribution is 6.04. The fourth-order valence-electron chi connectivity index (χ4n) is 4.19. The van der Waals surface area contributed by atoms with Gasteiger partial charge in [-0.05, 0) is 65.7 Å². The van der Waals surface area contributed by atoms with E-state index in [1.807, 2.05) is 42.5 Å². The zero-order valence-corrected chi connectivity index (χ0v) is 16.5. The minimum Gasteiger partial charge on any atom is -0.275 e. The van der Waals surface area contributed by atoms with Crippen LogP contribution in [0, 0.1) is 36.2 Å². The maximum atomic E-state index is 14.5. The molecule has 0 atom stereocenters. The number of fused-ring (bicyclic) bond motifs is 1. The number of aromatic amines is 1. The first-order valence-corrected chi connectivity index (χ1v) is 10.0. The first kappa shape index (κ1) is 18.3. The van der Waals surface area contributed by atoms with Gasteiger partial charge in [0.25, 0.3) is 0 Å². The number of aryl methyl sites for hydroxylation is 1. The second-order valence-electron chi connectivity index (χ2n) is 7.69. The first-order chi connectivity index (χ1) is 14.7. The van der Waals surface area contributed by atoms with Crippen molar-refractivity contribution < 1.29 is 4.39 Å². The topological polar surface area (TPSA) is 52.5 Å². The molecule has 1 aliphatic rings. The molecule has 4 heteroatoms. The molecule has 1 radical (unpaired) electrons. The van der Waals surface area contributed by atoms with Crippen LogP contribution in [-0.2, 0) is 0 Å². The van der Waals surface area contributed by atoms with Gasteiger partial charge in [0.05, 0.1) is 16.5 Å². The average molecular weight is 392 g/mol. The molecule has 145 valence electrons. The largest absolute Gasteiger partial charge is 0.275 e. The van der Waals surface area contributed by atoms with Gasteiger partial charge < -0.3 is 0 Å². The summed E-state index contributed by atoms with van der Waals surface area (Å²) in [6.07, 6.45) is 2.20. The van der Waals surface area contributed by atoms with Crippen molar-refractivity contribution >= 4 is 22.0 Å². The van der Waals surface area contributed by atoms with Gasteiger partial charge in [0.1, 0.15) is 6.07 Å². The number of aromatic nitrogens is 2. The van der Waals surface area contributed by atoms with Gasteiger partial charge in [-0.2, -0.15) is 9.65 Å². The summed E-state index contributed by atoms with van der Waals surface area (Å²) >= 11 is 0. The smallest absolute Gasteiger partial charge is 0.241 e. The highest BCUT2D eigenvalue weighted by atomic mass is 19.1. The van der Waals surface area contributed by atoms with Crippen LogP contribution < -0.4 is 0 Å². The van der Waals surface area contributed by atoms with Crippen LogP contribution in [0.2, 0.25) is 0 Å². The molecular formula is C26H19FN3. The van der Waals surface area contributed by atoms with E-state index in [-0.39, 0.29) is 5.39 Å². The molecule has 30 heavy (non-hydrogen) atoms. The highest BCUT2D eigenvalue weighted by Gasteiger charge is 2.32. The molecular weight excluding hydrogens is 373 g/mol. The molecule has 5 rings (SSSR count). The Kier molecular flexibility index (Phi) is 4.44. The van der Waals surface area contributed by atoms with Crippen molar-refractivity contribution in [3.63, 3.8) is 0 Å². The third-order valence-corrected chi connectivity index (χ3v) is 5.74. The van der Waals surface area contributed by atoms with Crippen LogP contribution in [0.25, 0.3) is 22.0 Å². The van der Waals surface area contributed by atoms with E-state index in [2.05, 4.69) is 41.4 Å². The minimum atomic E-state index is -0.649. The lowest BCUT2D eigenvalue weighted by molar-refractivity contribution is 0.588. The Bertz CT molecular complexity index is 1320. The van der Waals surface area contributed by atoms with Crippen LogP contribution in [-0.4, -0.2) is 10.2 Å². The fraction of sp³-hybridized carbons (Fsp3) is 0.154. The van der Waals surface area contributed by atoms with Crippen molar-refractivity contribution in [1.82, 2.24) is 10.2 Å². The van der Waals surface area contributed by atoms with Crippen LogP contribution in [0.5, 0.6) is 0 Å². The fourth-order valence-corrected chi connectivity index (χ4v) is 4.19.